The summed E-state index contributed by atoms with van der Waals surface area (Å²) in [5.41, 5.74) is 3.09. The van der Waals surface area contributed by atoms with E-state index in [9.17, 15) is 4.79 Å². The van der Waals surface area contributed by atoms with Gasteiger partial charge < -0.3 is 9.73 Å². The molecule has 0 spiro atoms. The fourth-order valence-electron chi connectivity index (χ4n) is 2.17. The van der Waals surface area contributed by atoms with Gasteiger partial charge in [-0.2, -0.15) is 0 Å². The molecular formula is C17H17N3O2S. The smallest absolute Gasteiger partial charge is 0.258 e. The van der Waals surface area contributed by atoms with Gasteiger partial charge in [0.1, 0.15) is 6.42 Å². The van der Waals surface area contributed by atoms with Crippen LogP contribution in [0.1, 0.15) is 23.9 Å². The van der Waals surface area contributed by atoms with Gasteiger partial charge >= 0.3 is 0 Å². The van der Waals surface area contributed by atoms with Gasteiger partial charge in [-0.15, -0.1) is 21.5 Å². The van der Waals surface area contributed by atoms with Crippen LogP contribution in [-0.4, -0.2) is 16.1 Å². The highest BCUT2D eigenvalue weighted by molar-refractivity contribution is 7.13. The monoisotopic (exact) mass is 327 g/mol. The molecule has 1 amide bonds. The van der Waals surface area contributed by atoms with Gasteiger partial charge in [-0.05, 0) is 48.1 Å². The number of nitrogens with zero attached hydrogens (tertiary/aromatic N) is 2. The predicted octanol–water partition coefficient (Wildman–Crippen LogP) is 3.85. The maximum atomic E-state index is 12.1. The van der Waals surface area contributed by atoms with Gasteiger partial charge in [-0.3, -0.25) is 4.79 Å². The standard InChI is InChI=1S/C17H17N3O2S/c1-3-12-4-6-13(7-5-12)18-14(21)10-15-19-20-17(22-15)16-11(2)8-9-23-16/h4-9H,3,10H2,1-2H3,(H,18,21). The highest BCUT2D eigenvalue weighted by Gasteiger charge is 2.14. The first-order chi connectivity index (χ1) is 11.2. The number of carbonyl (C=O) groups excluding carboxylic acids is 1. The van der Waals surface area contributed by atoms with E-state index in [1.54, 1.807) is 11.3 Å². The van der Waals surface area contributed by atoms with Gasteiger partial charge in [0, 0.05) is 5.69 Å². The summed E-state index contributed by atoms with van der Waals surface area (Å²) in [5, 5.41) is 12.8. The summed E-state index contributed by atoms with van der Waals surface area (Å²) < 4.78 is 5.58. The molecule has 3 rings (SSSR count). The Morgan fingerprint density at radius 3 is 2.65 bits per heavy atom. The quantitative estimate of drug-likeness (QED) is 0.773. The Labute approximate surface area is 138 Å². The summed E-state index contributed by atoms with van der Waals surface area (Å²) in [6, 6.07) is 9.78. The van der Waals surface area contributed by atoms with Crippen LogP contribution >= 0.6 is 11.3 Å². The van der Waals surface area contributed by atoms with E-state index in [1.807, 2.05) is 42.6 Å². The summed E-state index contributed by atoms with van der Waals surface area (Å²) in [6.07, 6.45) is 1.04. The van der Waals surface area contributed by atoms with Crippen molar-refractivity contribution in [1.29, 1.82) is 0 Å². The van der Waals surface area contributed by atoms with Crippen LogP contribution in [0.4, 0.5) is 5.69 Å². The third kappa shape index (κ3) is 3.65. The second kappa shape index (κ2) is 6.75. The van der Waals surface area contributed by atoms with Crippen molar-refractivity contribution in [2.75, 3.05) is 5.32 Å². The molecule has 6 heteroatoms. The molecule has 0 atom stereocenters. The number of amides is 1. The molecule has 0 saturated heterocycles. The third-order valence-corrected chi connectivity index (χ3v) is 4.49. The van der Waals surface area contributed by atoms with Gasteiger partial charge in [-0.25, -0.2) is 0 Å². The molecule has 0 unspecified atom stereocenters. The van der Waals surface area contributed by atoms with E-state index in [4.69, 9.17) is 4.42 Å². The largest absolute Gasteiger partial charge is 0.419 e. The van der Waals surface area contributed by atoms with E-state index in [2.05, 4.69) is 22.4 Å². The Morgan fingerprint density at radius 2 is 2.00 bits per heavy atom. The number of hydrogen-bond acceptors (Lipinski definition) is 5. The molecule has 118 valence electrons. The van der Waals surface area contributed by atoms with Crippen molar-refractivity contribution >= 4 is 22.9 Å². The average molecular weight is 327 g/mol. The normalized spacial score (nSPS) is 10.7. The molecule has 0 radical (unpaired) electrons. The van der Waals surface area contributed by atoms with Crippen LogP contribution in [0.3, 0.4) is 0 Å². The molecule has 2 heterocycles. The molecule has 1 aromatic carbocycles. The van der Waals surface area contributed by atoms with E-state index in [0.717, 1.165) is 22.5 Å². The lowest BCUT2D eigenvalue weighted by atomic mass is 10.1. The number of thiophene rings is 1. The van der Waals surface area contributed by atoms with Crippen molar-refractivity contribution in [2.45, 2.75) is 26.7 Å². The Kier molecular flexibility index (Phi) is 4.52. The first-order valence-corrected chi connectivity index (χ1v) is 8.29. The first kappa shape index (κ1) is 15.4. The van der Waals surface area contributed by atoms with E-state index in [1.165, 1.54) is 5.56 Å². The molecule has 2 aromatic heterocycles. The molecule has 3 aromatic rings. The second-order valence-electron chi connectivity index (χ2n) is 5.21. The molecule has 0 saturated carbocycles. The van der Waals surface area contributed by atoms with E-state index in [0.29, 0.717) is 11.8 Å². The summed E-state index contributed by atoms with van der Waals surface area (Å²) >= 11 is 1.54. The van der Waals surface area contributed by atoms with Crippen molar-refractivity contribution in [1.82, 2.24) is 10.2 Å². The zero-order chi connectivity index (χ0) is 16.2. The third-order valence-electron chi connectivity index (χ3n) is 3.48. The SMILES string of the molecule is CCc1ccc(NC(=O)Cc2nnc(-c3sccc3C)o2)cc1. The van der Waals surface area contributed by atoms with Gasteiger partial charge in [-0.1, -0.05) is 19.1 Å². The van der Waals surface area contributed by atoms with Gasteiger partial charge in [0.15, 0.2) is 0 Å². The van der Waals surface area contributed by atoms with Crippen LogP contribution in [0.15, 0.2) is 40.1 Å². The second-order valence-corrected chi connectivity index (χ2v) is 6.13. The molecule has 0 fully saturated rings. The zero-order valence-corrected chi connectivity index (χ0v) is 13.8. The van der Waals surface area contributed by atoms with E-state index in [-0.39, 0.29) is 12.3 Å². The van der Waals surface area contributed by atoms with Crippen LogP contribution < -0.4 is 5.32 Å². The summed E-state index contributed by atoms with van der Waals surface area (Å²) in [6.45, 7) is 4.08. The lowest BCUT2D eigenvalue weighted by Gasteiger charge is -2.04. The number of nitrogens with one attached hydrogen (secondary N) is 1. The molecule has 0 aliphatic carbocycles. The Morgan fingerprint density at radius 1 is 1.22 bits per heavy atom. The Hall–Kier alpha value is -2.47. The van der Waals surface area contributed by atoms with Crippen molar-refractivity contribution < 1.29 is 9.21 Å². The van der Waals surface area contributed by atoms with Crippen molar-refractivity contribution in [2.24, 2.45) is 0 Å². The van der Waals surface area contributed by atoms with Crippen molar-refractivity contribution in [3.8, 4) is 10.8 Å². The molecular weight excluding hydrogens is 310 g/mol. The number of aromatic nitrogens is 2. The minimum atomic E-state index is -0.174. The summed E-state index contributed by atoms with van der Waals surface area (Å²) in [7, 11) is 0. The Balaban J connectivity index is 1.64. The topological polar surface area (TPSA) is 68.0 Å². The van der Waals surface area contributed by atoms with E-state index >= 15 is 0 Å². The summed E-state index contributed by atoms with van der Waals surface area (Å²) in [4.78, 5) is 13.0. The van der Waals surface area contributed by atoms with Crippen LogP contribution in [-0.2, 0) is 17.6 Å². The molecule has 0 aliphatic heterocycles. The van der Waals surface area contributed by atoms with Crippen LogP contribution in [0.25, 0.3) is 10.8 Å². The van der Waals surface area contributed by atoms with Crippen LogP contribution in [0.2, 0.25) is 0 Å². The maximum Gasteiger partial charge on any atom is 0.258 e. The fraction of sp³-hybridized carbons (Fsp3) is 0.235. The van der Waals surface area contributed by atoms with Crippen molar-refractivity contribution in [3.63, 3.8) is 0 Å². The highest BCUT2D eigenvalue weighted by atomic mass is 32.1. The van der Waals surface area contributed by atoms with Gasteiger partial charge in [0.25, 0.3) is 5.89 Å². The Bertz CT molecular complexity index is 805. The highest BCUT2D eigenvalue weighted by Crippen LogP contribution is 2.27. The number of aryl methyl sites for hydroxylation is 2. The average Bonchev–Trinajstić information content (AvgIpc) is 3.16. The molecule has 5 nitrogen and oxygen atoms in total. The number of rotatable bonds is 5. The minimum Gasteiger partial charge on any atom is -0.419 e. The van der Waals surface area contributed by atoms with Crippen LogP contribution in [0, 0.1) is 6.92 Å². The zero-order valence-electron chi connectivity index (χ0n) is 13.0. The van der Waals surface area contributed by atoms with Crippen LogP contribution in [0.5, 0.6) is 0 Å². The number of hydrogen-bond donors (Lipinski definition) is 1. The van der Waals surface area contributed by atoms with E-state index < -0.39 is 0 Å². The maximum absolute atomic E-state index is 12.1. The predicted molar refractivity (Wildman–Crippen MR) is 90.5 cm³/mol. The molecule has 0 aliphatic rings. The van der Waals surface area contributed by atoms with Gasteiger partial charge in [0.2, 0.25) is 11.8 Å². The lowest BCUT2D eigenvalue weighted by molar-refractivity contribution is -0.115. The lowest BCUT2D eigenvalue weighted by Crippen LogP contribution is -2.14. The molecule has 23 heavy (non-hydrogen) atoms. The minimum absolute atomic E-state index is 0.0625. The molecule has 0 bridgehead atoms. The molecule has 1 N–H and O–H groups in total. The summed E-state index contributed by atoms with van der Waals surface area (Å²) in [5.74, 6) is 0.607. The number of anilines is 1. The van der Waals surface area contributed by atoms with Crippen molar-refractivity contribution in [3.05, 3.63) is 52.7 Å². The number of carbonyl (C=O) groups is 1. The fourth-order valence-corrected chi connectivity index (χ4v) is 3.02. The first-order valence-electron chi connectivity index (χ1n) is 7.41. The number of benzene rings is 1. The van der Waals surface area contributed by atoms with Gasteiger partial charge in [0.05, 0.1) is 4.88 Å².